The molecule has 1 heterocycles. The normalized spacial score (nSPS) is 21.8. The number of ether oxygens (including phenoxy) is 2. The fourth-order valence-corrected chi connectivity index (χ4v) is 1.88. The highest BCUT2D eigenvalue weighted by atomic mass is 16.7. The van der Waals surface area contributed by atoms with Gasteiger partial charge in [-0.3, -0.25) is 0 Å². The van der Waals surface area contributed by atoms with Crippen LogP contribution in [-0.4, -0.2) is 36.0 Å². The summed E-state index contributed by atoms with van der Waals surface area (Å²) in [6.07, 6.45) is 0.119. The Labute approximate surface area is 119 Å². The fourth-order valence-electron chi connectivity index (χ4n) is 1.88. The van der Waals surface area contributed by atoms with E-state index in [2.05, 4.69) is 10.2 Å². The van der Waals surface area contributed by atoms with Gasteiger partial charge in [-0.1, -0.05) is 0 Å². The number of nitrogens with one attached hydrogen (secondary N) is 2. The number of amides is 2. The highest BCUT2D eigenvalue weighted by Crippen LogP contribution is 2.24. The summed E-state index contributed by atoms with van der Waals surface area (Å²) >= 11 is 0. The standard InChI is InChI=1S/C13H24N2O5/c1-12(2,3)19-11(17)15-20-10(16)14-9-7-6-8-18-13(9,4)5/h9H,6-8H2,1-5H3,(H,14,16)(H,15,17). The summed E-state index contributed by atoms with van der Waals surface area (Å²) in [5, 5.41) is 2.67. The molecule has 0 saturated carbocycles. The Balaban J connectivity index is 2.35. The molecule has 7 nitrogen and oxygen atoms in total. The Morgan fingerprint density at radius 2 is 1.90 bits per heavy atom. The van der Waals surface area contributed by atoms with Crippen molar-refractivity contribution in [2.45, 2.75) is 64.7 Å². The van der Waals surface area contributed by atoms with E-state index in [4.69, 9.17) is 9.47 Å². The van der Waals surface area contributed by atoms with Gasteiger partial charge in [-0.2, -0.15) is 0 Å². The van der Waals surface area contributed by atoms with Crippen molar-refractivity contribution < 1.29 is 23.9 Å². The third-order valence-electron chi connectivity index (χ3n) is 2.87. The summed E-state index contributed by atoms with van der Waals surface area (Å²) in [4.78, 5) is 27.5. The lowest BCUT2D eigenvalue weighted by molar-refractivity contribution is -0.0750. The van der Waals surface area contributed by atoms with Gasteiger partial charge in [-0.05, 0) is 47.5 Å². The minimum Gasteiger partial charge on any atom is -0.442 e. The number of hydrogen-bond donors (Lipinski definition) is 2. The van der Waals surface area contributed by atoms with Gasteiger partial charge in [0.05, 0.1) is 11.6 Å². The quantitative estimate of drug-likeness (QED) is 0.722. The lowest BCUT2D eigenvalue weighted by Gasteiger charge is -2.38. The summed E-state index contributed by atoms with van der Waals surface area (Å²) in [5.41, 5.74) is 0.837. The second kappa shape index (κ2) is 6.30. The Hall–Kier alpha value is -1.50. The average molecular weight is 288 g/mol. The molecule has 0 aromatic carbocycles. The van der Waals surface area contributed by atoms with Crippen molar-refractivity contribution in [2.24, 2.45) is 0 Å². The molecule has 0 aromatic rings. The van der Waals surface area contributed by atoms with Crippen LogP contribution >= 0.6 is 0 Å². The van der Waals surface area contributed by atoms with Crippen molar-refractivity contribution in [1.29, 1.82) is 0 Å². The molecule has 1 aliphatic heterocycles. The molecule has 0 aromatic heterocycles. The zero-order chi connectivity index (χ0) is 15.4. The molecule has 20 heavy (non-hydrogen) atoms. The average Bonchev–Trinajstić information content (AvgIpc) is 2.27. The number of carbonyl (C=O) groups is 2. The molecule has 1 unspecified atom stereocenters. The van der Waals surface area contributed by atoms with Gasteiger partial charge < -0.3 is 19.6 Å². The molecule has 0 aliphatic carbocycles. The molecule has 1 fully saturated rings. The molecular formula is C13H24N2O5. The van der Waals surface area contributed by atoms with E-state index in [-0.39, 0.29) is 6.04 Å². The van der Waals surface area contributed by atoms with Gasteiger partial charge >= 0.3 is 12.2 Å². The van der Waals surface area contributed by atoms with Gasteiger partial charge in [0, 0.05) is 6.61 Å². The van der Waals surface area contributed by atoms with Crippen molar-refractivity contribution in [1.82, 2.24) is 10.8 Å². The van der Waals surface area contributed by atoms with Crippen molar-refractivity contribution >= 4 is 12.2 Å². The van der Waals surface area contributed by atoms with E-state index in [1.807, 2.05) is 19.3 Å². The minimum atomic E-state index is -0.813. The predicted molar refractivity (Wildman–Crippen MR) is 72.0 cm³/mol. The van der Waals surface area contributed by atoms with E-state index < -0.39 is 23.4 Å². The van der Waals surface area contributed by atoms with Crippen LogP contribution in [0.15, 0.2) is 0 Å². The van der Waals surface area contributed by atoms with E-state index in [9.17, 15) is 9.59 Å². The van der Waals surface area contributed by atoms with E-state index in [0.717, 1.165) is 12.8 Å². The molecule has 7 heteroatoms. The molecule has 1 aliphatic rings. The molecule has 1 rings (SSSR count). The maximum absolute atomic E-state index is 11.6. The first-order valence-corrected chi connectivity index (χ1v) is 6.70. The van der Waals surface area contributed by atoms with Crippen molar-refractivity contribution in [3.05, 3.63) is 0 Å². The van der Waals surface area contributed by atoms with Gasteiger partial charge in [0.2, 0.25) is 0 Å². The highest BCUT2D eigenvalue weighted by Gasteiger charge is 2.35. The van der Waals surface area contributed by atoms with E-state index >= 15 is 0 Å². The Morgan fingerprint density at radius 1 is 1.25 bits per heavy atom. The zero-order valence-corrected chi connectivity index (χ0v) is 12.7. The van der Waals surface area contributed by atoms with E-state index in [1.54, 1.807) is 20.8 Å². The first-order valence-electron chi connectivity index (χ1n) is 6.70. The largest absolute Gasteiger partial charge is 0.442 e. The zero-order valence-electron chi connectivity index (χ0n) is 12.7. The molecule has 0 bridgehead atoms. The minimum absolute atomic E-state index is 0.163. The van der Waals surface area contributed by atoms with Crippen LogP contribution < -0.4 is 10.8 Å². The third-order valence-corrected chi connectivity index (χ3v) is 2.87. The van der Waals surface area contributed by atoms with Gasteiger partial charge in [-0.15, -0.1) is 5.48 Å². The number of hydroxylamine groups is 1. The molecule has 0 spiro atoms. The van der Waals surface area contributed by atoms with Crippen molar-refractivity contribution in [3.63, 3.8) is 0 Å². The summed E-state index contributed by atoms with van der Waals surface area (Å²) in [5.74, 6) is 0. The van der Waals surface area contributed by atoms with E-state index in [1.165, 1.54) is 0 Å². The summed E-state index contributed by atoms with van der Waals surface area (Å²) in [6.45, 7) is 9.63. The summed E-state index contributed by atoms with van der Waals surface area (Å²) < 4.78 is 10.5. The van der Waals surface area contributed by atoms with Gasteiger partial charge in [0.1, 0.15) is 5.60 Å². The van der Waals surface area contributed by atoms with Crippen LogP contribution in [0.25, 0.3) is 0 Å². The maximum atomic E-state index is 11.6. The van der Waals surface area contributed by atoms with Crippen LogP contribution in [0.4, 0.5) is 9.59 Å². The van der Waals surface area contributed by atoms with Gasteiger partial charge in [-0.25, -0.2) is 9.59 Å². The highest BCUT2D eigenvalue weighted by molar-refractivity contribution is 5.72. The molecule has 2 amide bonds. The van der Waals surface area contributed by atoms with Gasteiger partial charge in [0.15, 0.2) is 0 Å². The molecular weight excluding hydrogens is 264 g/mol. The van der Waals surface area contributed by atoms with Crippen molar-refractivity contribution in [3.8, 4) is 0 Å². The molecule has 0 radical (unpaired) electrons. The van der Waals surface area contributed by atoms with Crippen LogP contribution in [0.2, 0.25) is 0 Å². The fraction of sp³-hybridized carbons (Fsp3) is 0.846. The second-order valence-corrected chi connectivity index (χ2v) is 6.28. The summed E-state index contributed by atoms with van der Waals surface area (Å²) in [7, 11) is 0. The Bertz CT molecular complexity index is 362. The van der Waals surface area contributed by atoms with Crippen molar-refractivity contribution in [2.75, 3.05) is 6.61 Å². The monoisotopic (exact) mass is 288 g/mol. The molecule has 2 N–H and O–H groups in total. The second-order valence-electron chi connectivity index (χ2n) is 6.28. The number of hydrogen-bond acceptors (Lipinski definition) is 5. The lowest BCUT2D eigenvalue weighted by Crippen LogP contribution is -2.54. The Morgan fingerprint density at radius 3 is 2.45 bits per heavy atom. The van der Waals surface area contributed by atoms with Crippen LogP contribution in [0, 0.1) is 0 Å². The Kier molecular flexibility index (Phi) is 5.21. The topological polar surface area (TPSA) is 85.9 Å². The van der Waals surface area contributed by atoms with Crippen LogP contribution in [0.5, 0.6) is 0 Å². The van der Waals surface area contributed by atoms with Crippen LogP contribution in [0.3, 0.4) is 0 Å². The molecule has 1 atom stereocenters. The van der Waals surface area contributed by atoms with Crippen LogP contribution in [0.1, 0.15) is 47.5 Å². The first kappa shape index (κ1) is 16.6. The third kappa shape index (κ3) is 5.64. The lowest BCUT2D eigenvalue weighted by atomic mass is 9.92. The maximum Gasteiger partial charge on any atom is 0.441 e. The SMILES string of the molecule is CC(C)(C)OC(=O)NOC(=O)NC1CCCOC1(C)C. The summed E-state index contributed by atoms with van der Waals surface area (Å²) in [6, 6.07) is -0.163. The van der Waals surface area contributed by atoms with Gasteiger partial charge in [0.25, 0.3) is 0 Å². The molecule has 116 valence electrons. The molecule has 1 saturated heterocycles. The smallest absolute Gasteiger partial charge is 0.441 e. The first-order chi connectivity index (χ1) is 9.10. The van der Waals surface area contributed by atoms with E-state index in [0.29, 0.717) is 6.61 Å². The predicted octanol–water partition coefficient (Wildman–Crippen LogP) is 2.11. The number of carbonyl (C=O) groups excluding carboxylic acids is 2. The number of rotatable bonds is 1. The van der Waals surface area contributed by atoms with Crippen LogP contribution in [-0.2, 0) is 14.3 Å².